The molecule has 8 nitrogen and oxygen atoms in total. The Kier molecular flexibility index (Phi) is 6.94. The van der Waals surface area contributed by atoms with Crippen molar-refractivity contribution < 1.29 is 27.4 Å². The lowest BCUT2D eigenvalue weighted by Gasteiger charge is -2.44. The predicted molar refractivity (Wildman–Crippen MR) is 151 cm³/mol. The van der Waals surface area contributed by atoms with Crippen LogP contribution in [-0.2, 0) is 34.2 Å². The molecule has 1 amide bonds. The first-order valence-electron chi connectivity index (χ1n) is 14.8. The molecule has 2 unspecified atom stereocenters. The average molecular weight is 584 g/mol. The number of anilines is 1. The number of amides is 1. The molecule has 0 aromatic heterocycles. The summed E-state index contributed by atoms with van der Waals surface area (Å²) in [5, 5.41) is 4.14. The first-order chi connectivity index (χ1) is 20.2. The van der Waals surface area contributed by atoms with Crippen LogP contribution >= 0.6 is 0 Å². The fraction of sp³-hybridized carbons (Fsp3) is 0.548. The number of carbonyl (C=O) groups is 1. The van der Waals surface area contributed by atoms with Crippen LogP contribution in [0.25, 0.3) is 0 Å². The van der Waals surface area contributed by atoms with E-state index in [1.54, 1.807) is 18.5 Å². The number of morpholine rings is 1. The summed E-state index contributed by atoms with van der Waals surface area (Å²) in [5.41, 5.74) is 4.42. The van der Waals surface area contributed by atoms with Gasteiger partial charge in [-0.15, -0.1) is 0 Å². The molecule has 7 rings (SSSR count). The van der Waals surface area contributed by atoms with Crippen molar-refractivity contribution in [1.29, 1.82) is 0 Å². The Bertz CT molecular complexity index is 1390. The number of hydrogen-bond donors (Lipinski definition) is 1. The SMILES string of the molecule is CN1C=NNC1CC1(c2cccc(N3Cc4c(cc(CN5CCOC(C6CCC6)C5)cc4C(F)(F)F)C3=O)c2)COC1. The molecule has 2 saturated heterocycles. The van der Waals surface area contributed by atoms with Gasteiger partial charge in [-0.2, -0.15) is 18.3 Å². The number of hydrogen-bond acceptors (Lipinski definition) is 7. The van der Waals surface area contributed by atoms with Gasteiger partial charge < -0.3 is 19.3 Å². The molecule has 4 heterocycles. The van der Waals surface area contributed by atoms with Gasteiger partial charge in [0, 0.05) is 49.8 Å². The monoisotopic (exact) mass is 583 g/mol. The van der Waals surface area contributed by atoms with Crippen molar-refractivity contribution >= 4 is 17.9 Å². The predicted octanol–water partition coefficient (Wildman–Crippen LogP) is 4.33. The van der Waals surface area contributed by atoms with Crippen molar-refractivity contribution in [2.45, 2.75) is 62.6 Å². The molecule has 1 N–H and O–H groups in total. The van der Waals surface area contributed by atoms with Crippen molar-refractivity contribution in [3.8, 4) is 0 Å². The van der Waals surface area contributed by atoms with Crippen LogP contribution in [0, 0.1) is 5.92 Å². The Labute approximate surface area is 243 Å². The Hall–Kier alpha value is -3.15. The summed E-state index contributed by atoms with van der Waals surface area (Å²) in [6.07, 6.45) is 1.58. The molecule has 2 aromatic rings. The quantitative estimate of drug-likeness (QED) is 0.524. The van der Waals surface area contributed by atoms with Crippen LogP contribution in [0.15, 0.2) is 41.5 Å². The summed E-state index contributed by atoms with van der Waals surface area (Å²) in [4.78, 5) is 19.4. The second-order valence-electron chi connectivity index (χ2n) is 12.5. The van der Waals surface area contributed by atoms with Crippen molar-refractivity contribution in [2.24, 2.45) is 11.0 Å². The third-order valence-corrected chi connectivity index (χ3v) is 9.73. The number of fused-ring (bicyclic) bond motifs is 1. The molecule has 11 heteroatoms. The smallest absolute Gasteiger partial charge is 0.379 e. The van der Waals surface area contributed by atoms with Gasteiger partial charge >= 0.3 is 6.18 Å². The maximum atomic E-state index is 14.4. The first kappa shape index (κ1) is 27.7. The average Bonchev–Trinajstić information content (AvgIpc) is 3.46. The molecule has 1 aliphatic carbocycles. The maximum absolute atomic E-state index is 14.4. The number of halogens is 3. The number of benzene rings is 2. The van der Waals surface area contributed by atoms with E-state index in [0.29, 0.717) is 56.6 Å². The first-order valence-corrected chi connectivity index (χ1v) is 14.8. The van der Waals surface area contributed by atoms with Crippen LogP contribution in [0.2, 0.25) is 0 Å². The topological polar surface area (TPSA) is 69.6 Å². The number of carbonyl (C=O) groups excluding carboxylic acids is 1. The molecule has 3 fully saturated rings. The lowest BCUT2D eigenvalue weighted by molar-refractivity contribution is -0.138. The van der Waals surface area contributed by atoms with E-state index in [9.17, 15) is 18.0 Å². The fourth-order valence-electron chi connectivity index (χ4n) is 6.95. The summed E-state index contributed by atoms with van der Waals surface area (Å²) < 4.78 is 54.7. The minimum atomic E-state index is -4.56. The van der Waals surface area contributed by atoms with E-state index in [2.05, 4.69) is 15.4 Å². The number of nitrogens with one attached hydrogen (secondary N) is 1. The minimum absolute atomic E-state index is 0.0125. The van der Waals surface area contributed by atoms with Crippen molar-refractivity contribution in [3.63, 3.8) is 0 Å². The van der Waals surface area contributed by atoms with E-state index in [-0.39, 0.29) is 35.4 Å². The van der Waals surface area contributed by atoms with Crippen molar-refractivity contribution in [1.82, 2.24) is 15.2 Å². The highest BCUT2D eigenvalue weighted by atomic mass is 19.4. The Morgan fingerprint density at radius 2 is 2.00 bits per heavy atom. The molecule has 1 saturated carbocycles. The summed E-state index contributed by atoms with van der Waals surface area (Å²) in [6, 6.07) is 10.5. The lowest BCUT2D eigenvalue weighted by Crippen LogP contribution is -2.52. The van der Waals surface area contributed by atoms with E-state index in [1.165, 1.54) is 17.4 Å². The Morgan fingerprint density at radius 1 is 1.17 bits per heavy atom. The number of ether oxygens (including phenoxy) is 2. The molecular weight excluding hydrogens is 547 g/mol. The number of hydrazone groups is 1. The number of rotatable bonds is 7. The van der Waals surface area contributed by atoms with Gasteiger partial charge in [-0.3, -0.25) is 15.1 Å². The Morgan fingerprint density at radius 3 is 2.67 bits per heavy atom. The molecule has 0 spiro atoms. The van der Waals surface area contributed by atoms with Crippen molar-refractivity contribution in [2.75, 3.05) is 44.9 Å². The summed E-state index contributed by atoms with van der Waals surface area (Å²) in [7, 11) is 1.95. The molecule has 42 heavy (non-hydrogen) atoms. The van der Waals surface area contributed by atoms with Crippen LogP contribution in [0.3, 0.4) is 0 Å². The van der Waals surface area contributed by atoms with Crippen LogP contribution in [-0.4, -0.2) is 74.3 Å². The normalized spacial score (nSPS) is 25.8. The summed E-state index contributed by atoms with van der Waals surface area (Å²) in [5.74, 6) is 0.145. The highest BCUT2D eigenvalue weighted by Crippen LogP contribution is 2.42. The van der Waals surface area contributed by atoms with E-state index in [1.807, 2.05) is 30.1 Å². The zero-order valence-electron chi connectivity index (χ0n) is 23.7. The summed E-state index contributed by atoms with van der Waals surface area (Å²) >= 11 is 0. The zero-order valence-corrected chi connectivity index (χ0v) is 23.7. The Balaban J connectivity index is 1.14. The van der Waals surface area contributed by atoms with Gasteiger partial charge in [-0.25, -0.2) is 0 Å². The molecule has 0 radical (unpaired) electrons. The largest absolute Gasteiger partial charge is 0.416 e. The maximum Gasteiger partial charge on any atom is 0.416 e. The standard InChI is InChI=1S/C31H36F3N5O3/c1-37-19-35-36-28(37)13-30(17-41-18-30)22-6-3-7-23(12-22)39-15-25-24(29(39)40)10-20(11-26(25)31(32,33)34)14-38-8-9-42-27(16-38)21-4-2-5-21/h3,6-7,10-12,19,21,27-28,36H,2,4-5,8-9,13-18H2,1H3. The van der Waals surface area contributed by atoms with Gasteiger partial charge in [0.15, 0.2) is 0 Å². The third-order valence-electron chi connectivity index (χ3n) is 9.73. The van der Waals surface area contributed by atoms with Gasteiger partial charge in [0.25, 0.3) is 5.91 Å². The number of nitrogens with zero attached hydrogens (tertiary/aromatic N) is 4. The molecule has 5 aliphatic rings. The fourth-order valence-corrected chi connectivity index (χ4v) is 6.95. The second kappa shape index (κ2) is 10.5. The van der Waals surface area contributed by atoms with Gasteiger partial charge in [0.2, 0.25) is 0 Å². The molecule has 2 aromatic carbocycles. The van der Waals surface area contributed by atoms with Crippen molar-refractivity contribution in [3.05, 3.63) is 64.2 Å². The van der Waals surface area contributed by atoms with E-state index in [0.717, 1.165) is 24.8 Å². The number of alkyl halides is 3. The molecule has 2 atom stereocenters. The molecular formula is C31H36F3N5O3. The van der Waals surface area contributed by atoms with Crippen LogP contribution in [0.1, 0.15) is 58.3 Å². The minimum Gasteiger partial charge on any atom is -0.379 e. The highest BCUT2D eigenvalue weighted by Gasteiger charge is 2.45. The third kappa shape index (κ3) is 4.95. The second-order valence-corrected chi connectivity index (χ2v) is 12.5. The van der Waals surface area contributed by atoms with E-state index < -0.39 is 17.6 Å². The van der Waals surface area contributed by atoms with Gasteiger partial charge in [0.05, 0.1) is 38.0 Å². The molecule has 4 aliphatic heterocycles. The van der Waals surface area contributed by atoms with Crippen LogP contribution in [0.5, 0.6) is 0 Å². The zero-order chi connectivity index (χ0) is 29.1. The molecule has 224 valence electrons. The van der Waals surface area contributed by atoms with E-state index >= 15 is 0 Å². The van der Waals surface area contributed by atoms with Gasteiger partial charge in [-0.1, -0.05) is 18.6 Å². The lowest BCUT2D eigenvalue weighted by atomic mass is 9.74. The highest BCUT2D eigenvalue weighted by molar-refractivity contribution is 6.10. The summed E-state index contributed by atoms with van der Waals surface area (Å²) in [6.45, 7) is 3.26. The molecule has 0 bridgehead atoms. The van der Waals surface area contributed by atoms with Gasteiger partial charge in [0.1, 0.15) is 12.5 Å². The van der Waals surface area contributed by atoms with Crippen LogP contribution < -0.4 is 10.3 Å². The van der Waals surface area contributed by atoms with E-state index in [4.69, 9.17) is 9.47 Å². The van der Waals surface area contributed by atoms with Gasteiger partial charge in [-0.05, 0) is 59.7 Å². The van der Waals surface area contributed by atoms with Crippen LogP contribution in [0.4, 0.5) is 18.9 Å².